The lowest BCUT2D eigenvalue weighted by atomic mass is 10.1. The van der Waals surface area contributed by atoms with E-state index in [-0.39, 0.29) is 0 Å². The number of benzene rings is 1. The lowest BCUT2D eigenvalue weighted by Crippen LogP contribution is -2.44. The van der Waals surface area contributed by atoms with E-state index < -0.39 is 0 Å². The number of aryl methyl sites for hydroxylation is 2. The van der Waals surface area contributed by atoms with Gasteiger partial charge >= 0.3 is 0 Å². The number of piperazine rings is 1. The van der Waals surface area contributed by atoms with Gasteiger partial charge in [-0.1, -0.05) is 6.07 Å². The lowest BCUT2D eigenvalue weighted by Gasteiger charge is -2.30. The molecule has 2 aliphatic carbocycles. The summed E-state index contributed by atoms with van der Waals surface area (Å²) in [4.78, 5) is 21.7. The first-order valence-electron chi connectivity index (χ1n) is 12.8. The van der Waals surface area contributed by atoms with E-state index in [0.717, 1.165) is 66.8 Å². The lowest BCUT2D eigenvalue weighted by molar-refractivity contribution is 0.586. The summed E-state index contributed by atoms with van der Waals surface area (Å²) in [5.41, 5.74) is 7.19. The van der Waals surface area contributed by atoms with Crippen molar-refractivity contribution in [2.24, 2.45) is 0 Å². The van der Waals surface area contributed by atoms with Gasteiger partial charge < -0.3 is 15.5 Å². The van der Waals surface area contributed by atoms with Crippen molar-refractivity contribution in [2.75, 3.05) is 36.4 Å². The first-order chi connectivity index (χ1) is 17.3. The van der Waals surface area contributed by atoms with Crippen LogP contribution in [0.5, 0.6) is 0 Å². The van der Waals surface area contributed by atoms with Gasteiger partial charge in [0.1, 0.15) is 11.6 Å². The molecule has 1 aromatic carbocycles. The van der Waals surface area contributed by atoms with Gasteiger partial charge in [0.15, 0.2) is 5.82 Å². The van der Waals surface area contributed by atoms with E-state index in [4.69, 9.17) is 9.97 Å². The molecule has 3 aliphatic rings. The smallest absolute Gasteiger partial charge is 0.162 e. The molecule has 7 heteroatoms. The van der Waals surface area contributed by atoms with Crippen molar-refractivity contribution in [2.45, 2.75) is 38.0 Å². The maximum Gasteiger partial charge on any atom is 0.162 e. The maximum absolute atomic E-state index is 5.16. The molecule has 4 aromatic rings. The van der Waals surface area contributed by atoms with Crippen LogP contribution in [-0.2, 0) is 12.8 Å². The van der Waals surface area contributed by atoms with Crippen molar-refractivity contribution >= 4 is 28.2 Å². The Morgan fingerprint density at radius 1 is 0.943 bits per heavy atom. The molecule has 1 saturated carbocycles. The van der Waals surface area contributed by atoms with Gasteiger partial charge in [-0.3, -0.25) is 4.98 Å². The number of anilines is 3. The molecule has 0 amide bonds. The van der Waals surface area contributed by atoms with Gasteiger partial charge in [-0.2, -0.15) is 0 Å². The van der Waals surface area contributed by atoms with Gasteiger partial charge in [-0.25, -0.2) is 15.0 Å². The molecule has 176 valence electrons. The van der Waals surface area contributed by atoms with Crippen molar-refractivity contribution < 1.29 is 0 Å². The first-order valence-corrected chi connectivity index (χ1v) is 12.8. The molecule has 7 rings (SSSR count). The number of hydrogen-bond acceptors (Lipinski definition) is 7. The average Bonchev–Trinajstić information content (AvgIpc) is 3.65. The number of nitrogens with zero attached hydrogens (tertiary/aromatic N) is 5. The second kappa shape index (κ2) is 8.57. The summed E-state index contributed by atoms with van der Waals surface area (Å²) < 4.78 is 0. The van der Waals surface area contributed by atoms with Crippen LogP contribution in [0.3, 0.4) is 0 Å². The summed E-state index contributed by atoms with van der Waals surface area (Å²) in [6.45, 7) is 3.82. The van der Waals surface area contributed by atoms with Crippen LogP contribution < -0.4 is 15.5 Å². The topological polar surface area (TPSA) is 78.9 Å². The predicted molar refractivity (Wildman–Crippen MR) is 139 cm³/mol. The molecule has 0 unspecified atom stereocenters. The Hall–Kier alpha value is -3.58. The highest BCUT2D eigenvalue weighted by molar-refractivity contribution is 5.94. The van der Waals surface area contributed by atoms with E-state index >= 15 is 0 Å². The number of fused-ring (bicyclic) bond motifs is 2. The van der Waals surface area contributed by atoms with Crippen molar-refractivity contribution in [3.05, 3.63) is 65.6 Å². The Balaban J connectivity index is 1.28. The summed E-state index contributed by atoms with van der Waals surface area (Å²) in [5.74, 6) is 3.16. The van der Waals surface area contributed by atoms with Crippen molar-refractivity contribution in [1.82, 2.24) is 25.3 Å². The Morgan fingerprint density at radius 2 is 1.83 bits per heavy atom. The molecule has 1 saturated heterocycles. The van der Waals surface area contributed by atoms with Crippen LogP contribution in [-0.4, -0.2) is 46.1 Å². The minimum absolute atomic E-state index is 0.589. The van der Waals surface area contributed by atoms with Crippen molar-refractivity contribution in [3.63, 3.8) is 0 Å². The quantitative estimate of drug-likeness (QED) is 0.448. The van der Waals surface area contributed by atoms with Gasteiger partial charge in [0.2, 0.25) is 0 Å². The van der Waals surface area contributed by atoms with Gasteiger partial charge in [-0.15, -0.1) is 0 Å². The fourth-order valence-electron chi connectivity index (χ4n) is 5.46. The molecule has 2 N–H and O–H groups in total. The molecule has 7 nitrogen and oxygen atoms in total. The predicted octanol–water partition coefficient (Wildman–Crippen LogP) is 4.61. The Morgan fingerprint density at radius 3 is 2.71 bits per heavy atom. The molecule has 35 heavy (non-hydrogen) atoms. The highest BCUT2D eigenvalue weighted by Gasteiger charge is 2.29. The number of pyridine rings is 2. The second-order valence-electron chi connectivity index (χ2n) is 9.90. The Labute approximate surface area is 205 Å². The SMILES string of the molecule is c1cc(-c2nc(N3CCNCC3)c3c(C4CC4)cncc3n2)cc(Nc2ccc3c(c2)CCC3)n1. The van der Waals surface area contributed by atoms with E-state index in [1.54, 1.807) is 0 Å². The molecule has 2 fully saturated rings. The van der Waals surface area contributed by atoms with Gasteiger partial charge in [0.05, 0.1) is 11.7 Å². The largest absolute Gasteiger partial charge is 0.353 e. The Bertz CT molecular complexity index is 1410. The van der Waals surface area contributed by atoms with Crippen LogP contribution >= 0.6 is 0 Å². The number of hydrogen-bond donors (Lipinski definition) is 2. The minimum atomic E-state index is 0.589. The third-order valence-electron chi connectivity index (χ3n) is 7.44. The fourth-order valence-corrected chi connectivity index (χ4v) is 5.46. The zero-order valence-corrected chi connectivity index (χ0v) is 19.8. The van der Waals surface area contributed by atoms with Gasteiger partial charge in [0.25, 0.3) is 0 Å². The van der Waals surface area contributed by atoms with Crippen molar-refractivity contribution in [3.8, 4) is 11.4 Å². The van der Waals surface area contributed by atoms with E-state index in [9.17, 15) is 0 Å². The molecule has 1 aliphatic heterocycles. The summed E-state index contributed by atoms with van der Waals surface area (Å²) in [5, 5.41) is 8.13. The zero-order valence-electron chi connectivity index (χ0n) is 19.8. The third-order valence-corrected chi connectivity index (χ3v) is 7.44. The summed E-state index contributed by atoms with van der Waals surface area (Å²) >= 11 is 0. The van der Waals surface area contributed by atoms with E-state index in [0.29, 0.717) is 5.92 Å². The number of nitrogens with one attached hydrogen (secondary N) is 2. The zero-order chi connectivity index (χ0) is 23.2. The van der Waals surface area contributed by atoms with Crippen molar-refractivity contribution in [1.29, 1.82) is 0 Å². The van der Waals surface area contributed by atoms with Crippen LogP contribution in [0.4, 0.5) is 17.3 Å². The molecular formula is C28H29N7. The van der Waals surface area contributed by atoms with Gasteiger partial charge in [0, 0.05) is 55.2 Å². The molecular weight excluding hydrogens is 434 g/mol. The maximum atomic E-state index is 5.16. The van der Waals surface area contributed by atoms with E-state index in [2.05, 4.69) is 43.7 Å². The molecule has 0 spiro atoms. The van der Waals surface area contributed by atoms with Crippen LogP contribution in [0.1, 0.15) is 41.9 Å². The molecule has 3 aromatic heterocycles. The molecule has 0 radical (unpaired) electrons. The first kappa shape index (κ1) is 20.8. The highest BCUT2D eigenvalue weighted by atomic mass is 15.2. The van der Waals surface area contributed by atoms with E-state index in [1.807, 2.05) is 30.7 Å². The van der Waals surface area contributed by atoms with Crippen LogP contribution in [0.25, 0.3) is 22.3 Å². The molecule has 0 atom stereocenters. The monoisotopic (exact) mass is 463 g/mol. The summed E-state index contributed by atoms with van der Waals surface area (Å²) in [7, 11) is 0. The normalized spacial score (nSPS) is 17.5. The molecule has 4 heterocycles. The minimum Gasteiger partial charge on any atom is -0.353 e. The summed E-state index contributed by atoms with van der Waals surface area (Å²) in [6.07, 6.45) is 11.8. The van der Waals surface area contributed by atoms with Gasteiger partial charge in [-0.05, 0) is 79.0 Å². The third kappa shape index (κ3) is 4.00. The van der Waals surface area contributed by atoms with Crippen LogP contribution in [0.2, 0.25) is 0 Å². The second-order valence-corrected chi connectivity index (χ2v) is 9.90. The Kier molecular flexibility index (Phi) is 5.09. The number of aromatic nitrogens is 4. The average molecular weight is 464 g/mol. The standard InChI is InChI=1S/C28H29N7/c1-2-18-6-7-22(14-20(18)3-1)32-25-15-21(8-9-31-25)27-33-24-17-30-16-23(19-4-5-19)26(24)28(34-27)35-12-10-29-11-13-35/h6-9,14-17,19,29H,1-5,10-13H2,(H,31,32). The fraction of sp³-hybridized carbons (Fsp3) is 0.357. The van der Waals surface area contributed by atoms with Crippen LogP contribution in [0, 0.1) is 0 Å². The number of rotatable bonds is 5. The highest BCUT2D eigenvalue weighted by Crippen LogP contribution is 2.44. The molecule has 0 bridgehead atoms. The van der Waals surface area contributed by atoms with E-state index in [1.165, 1.54) is 47.8 Å². The summed E-state index contributed by atoms with van der Waals surface area (Å²) in [6, 6.07) is 10.7. The van der Waals surface area contributed by atoms with Crippen LogP contribution in [0.15, 0.2) is 48.9 Å².